The lowest BCUT2D eigenvalue weighted by Crippen LogP contribution is -2.48. The van der Waals surface area contributed by atoms with Crippen molar-refractivity contribution in [3.8, 4) is 45.3 Å². The molecule has 4 bridgehead atoms. The van der Waals surface area contributed by atoms with Crippen molar-refractivity contribution in [3.05, 3.63) is 138 Å². The maximum atomic E-state index is 7.32. The van der Waals surface area contributed by atoms with Gasteiger partial charge in [-0.3, -0.25) is 0 Å². The fraction of sp³-hybridized carbons (Fsp3) is 0.233. The van der Waals surface area contributed by atoms with Crippen LogP contribution in [0.3, 0.4) is 0 Å². The van der Waals surface area contributed by atoms with Crippen LogP contribution in [0, 0.1) is 30.9 Å². The largest absolute Gasteiger partial charge is 0.238 e. The zero-order valence-corrected chi connectivity index (χ0v) is 26.6. The van der Waals surface area contributed by atoms with E-state index in [0.29, 0.717) is 34.3 Å². The van der Waals surface area contributed by atoms with Gasteiger partial charge in [-0.1, -0.05) is 109 Å². The molecule has 10 rings (SSSR count). The molecule has 5 aromatic carbocycles. The summed E-state index contributed by atoms with van der Waals surface area (Å²) < 4.78 is 0. The SMILES string of the molecule is [C-]#[N+]c1ccc(-c2nc(-c3ccc([N+]#[C-])cc3)nc(-c3ccc(-c4ccc(C56CC7CC(CC(C7)C5)C6)c5ccccc45)cc3)n2)cc1. The summed E-state index contributed by atoms with van der Waals surface area (Å²) in [6.07, 6.45) is 8.44. The number of benzene rings is 5. The molecule has 4 saturated carbocycles. The van der Waals surface area contributed by atoms with Crippen molar-refractivity contribution in [2.24, 2.45) is 17.8 Å². The summed E-state index contributed by atoms with van der Waals surface area (Å²) in [5.74, 6) is 4.39. The van der Waals surface area contributed by atoms with E-state index in [2.05, 4.69) is 70.4 Å². The van der Waals surface area contributed by atoms with Gasteiger partial charge in [0.15, 0.2) is 28.8 Å². The van der Waals surface area contributed by atoms with Gasteiger partial charge < -0.3 is 0 Å². The molecular weight excluding hydrogens is 587 g/mol. The summed E-state index contributed by atoms with van der Waals surface area (Å²) in [6.45, 7) is 14.6. The first-order valence-corrected chi connectivity index (χ1v) is 16.9. The molecule has 48 heavy (non-hydrogen) atoms. The molecule has 5 heteroatoms. The van der Waals surface area contributed by atoms with Gasteiger partial charge in [0.25, 0.3) is 0 Å². The van der Waals surface area contributed by atoms with E-state index in [4.69, 9.17) is 28.1 Å². The molecule has 230 valence electrons. The Balaban J connectivity index is 1.10. The molecule has 6 aromatic rings. The topological polar surface area (TPSA) is 47.4 Å². The third kappa shape index (κ3) is 4.86. The van der Waals surface area contributed by atoms with E-state index in [1.807, 2.05) is 24.3 Å². The predicted octanol–water partition coefficient (Wildman–Crippen LogP) is 11.3. The van der Waals surface area contributed by atoms with Crippen molar-refractivity contribution < 1.29 is 0 Å². The minimum Gasteiger partial charge on any atom is -0.238 e. The van der Waals surface area contributed by atoms with E-state index >= 15 is 0 Å². The summed E-state index contributed by atoms with van der Waals surface area (Å²) >= 11 is 0. The molecule has 1 aromatic heterocycles. The van der Waals surface area contributed by atoms with Crippen LogP contribution in [0.5, 0.6) is 0 Å². The first kappa shape index (κ1) is 28.6. The van der Waals surface area contributed by atoms with Crippen molar-refractivity contribution in [3.63, 3.8) is 0 Å². The Morgan fingerprint density at radius 3 is 1.35 bits per heavy atom. The average Bonchev–Trinajstić information content (AvgIpc) is 3.14. The van der Waals surface area contributed by atoms with Crippen molar-refractivity contribution in [1.82, 2.24) is 15.0 Å². The summed E-state index contributed by atoms with van der Waals surface area (Å²) in [4.78, 5) is 21.6. The zero-order chi connectivity index (χ0) is 32.2. The van der Waals surface area contributed by atoms with Crippen molar-refractivity contribution >= 4 is 22.1 Å². The predicted molar refractivity (Wildman–Crippen MR) is 191 cm³/mol. The second kappa shape index (κ2) is 11.3. The summed E-state index contributed by atoms with van der Waals surface area (Å²) in [6, 6.07) is 37.0. The first-order valence-electron chi connectivity index (χ1n) is 16.9. The van der Waals surface area contributed by atoms with Crippen LogP contribution in [-0.4, -0.2) is 15.0 Å². The summed E-state index contributed by atoms with van der Waals surface area (Å²) in [5.41, 5.74) is 8.00. The van der Waals surface area contributed by atoms with Gasteiger partial charge in [-0.05, 0) is 89.2 Å². The van der Waals surface area contributed by atoms with Crippen LogP contribution < -0.4 is 0 Å². The number of hydrogen-bond acceptors (Lipinski definition) is 3. The third-order valence-electron chi connectivity index (χ3n) is 11.1. The van der Waals surface area contributed by atoms with Crippen LogP contribution in [0.4, 0.5) is 11.4 Å². The Hall–Kier alpha value is -5.65. The number of rotatable bonds is 5. The Morgan fingerprint density at radius 2 is 0.896 bits per heavy atom. The Morgan fingerprint density at radius 1 is 0.479 bits per heavy atom. The van der Waals surface area contributed by atoms with E-state index in [9.17, 15) is 0 Å². The molecule has 0 aliphatic heterocycles. The smallest absolute Gasteiger partial charge is 0.187 e. The molecule has 4 fully saturated rings. The normalized spacial score (nSPS) is 22.3. The molecule has 0 amide bonds. The monoisotopic (exact) mass is 619 g/mol. The maximum Gasteiger partial charge on any atom is 0.187 e. The van der Waals surface area contributed by atoms with Crippen LogP contribution in [0.2, 0.25) is 0 Å². The molecule has 1 heterocycles. The lowest BCUT2D eigenvalue weighted by Gasteiger charge is -2.57. The highest BCUT2D eigenvalue weighted by Gasteiger charge is 2.52. The molecule has 0 atom stereocenters. The van der Waals surface area contributed by atoms with E-state index in [-0.39, 0.29) is 0 Å². The van der Waals surface area contributed by atoms with Gasteiger partial charge in [-0.25, -0.2) is 24.6 Å². The fourth-order valence-corrected chi connectivity index (χ4v) is 9.39. The molecule has 0 unspecified atom stereocenters. The number of hydrogen-bond donors (Lipinski definition) is 0. The maximum absolute atomic E-state index is 7.32. The highest BCUT2D eigenvalue weighted by Crippen LogP contribution is 2.61. The molecule has 4 aliphatic carbocycles. The van der Waals surface area contributed by atoms with Crippen LogP contribution in [0.25, 0.3) is 65.8 Å². The van der Waals surface area contributed by atoms with Crippen LogP contribution in [-0.2, 0) is 5.41 Å². The van der Waals surface area contributed by atoms with Crippen LogP contribution in [0.15, 0.2) is 109 Å². The highest BCUT2D eigenvalue weighted by atomic mass is 15.0. The molecule has 4 aliphatic rings. The molecule has 0 spiro atoms. The highest BCUT2D eigenvalue weighted by molar-refractivity contribution is 5.99. The van der Waals surface area contributed by atoms with Gasteiger partial charge in [-0.2, -0.15) is 0 Å². The second-order valence-corrected chi connectivity index (χ2v) is 14.1. The second-order valence-electron chi connectivity index (χ2n) is 14.1. The molecule has 0 radical (unpaired) electrons. The van der Waals surface area contributed by atoms with Gasteiger partial charge in [0, 0.05) is 16.7 Å². The van der Waals surface area contributed by atoms with Gasteiger partial charge in [0.1, 0.15) is 0 Å². The lowest BCUT2D eigenvalue weighted by atomic mass is 9.47. The van der Waals surface area contributed by atoms with Crippen molar-refractivity contribution in [1.29, 1.82) is 0 Å². The Labute approximate surface area is 281 Å². The van der Waals surface area contributed by atoms with E-state index in [1.165, 1.54) is 60.4 Å². The molecule has 0 N–H and O–H groups in total. The standard InChI is InChI=1S/C43H33N5/c1-44-34-15-11-32(12-16-34)41-46-40(47-42(48-41)33-13-17-35(45-2)18-14-33)31-9-7-30(8-10-31)36-19-20-39(38-6-4-3-5-37(36)38)43-24-27-21-28(25-43)23-29(22-27)26-43/h3-20,27-29H,21-26H2. The molecular formula is C43H33N5. The van der Waals surface area contributed by atoms with Crippen molar-refractivity contribution in [2.45, 2.75) is 43.9 Å². The minimum absolute atomic E-state index is 0.345. The quantitative estimate of drug-likeness (QED) is 0.180. The molecule has 5 nitrogen and oxygen atoms in total. The molecule has 0 saturated heterocycles. The number of fused-ring (bicyclic) bond motifs is 1. The minimum atomic E-state index is 0.345. The van der Waals surface area contributed by atoms with E-state index < -0.39 is 0 Å². The van der Waals surface area contributed by atoms with Crippen LogP contribution in [0.1, 0.15) is 44.1 Å². The summed E-state index contributed by atoms with van der Waals surface area (Å²) in [5, 5.41) is 2.75. The van der Waals surface area contributed by atoms with Crippen LogP contribution >= 0.6 is 0 Å². The number of nitrogens with zero attached hydrogens (tertiary/aromatic N) is 5. The number of aromatic nitrogens is 3. The first-order chi connectivity index (χ1) is 23.6. The Kier molecular flexibility index (Phi) is 6.70. The Bertz CT molecular complexity index is 2160. The van der Waals surface area contributed by atoms with Gasteiger partial charge in [0.05, 0.1) is 13.1 Å². The van der Waals surface area contributed by atoms with Gasteiger partial charge in [0.2, 0.25) is 0 Å². The fourth-order valence-electron chi connectivity index (χ4n) is 9.39. The lowest BCUT2D eigenvalue weighted by molar-refractivity contribution is -0.00449. The average molecular weight is 620 g/mol. The van der Waals surface area contributed by atoms with E-state index in [1.54, 1.807) is 29.8 Å². The zero-order valence-electron chi connectivity index (χ0n) is 26.6. The van der Waals surface area contributed by atoms with Crippen molar-refractivity contribution in [2.75, 3.05) is 0 Å². The van der Waals surface area contributed by atoms with E-state index in [0.717, 1.165) is 34.4 Å². The van der Waals surface area contributed by atoms with Gasteiger partial charge >= 0.3 is 0 Å². The van der Waals surface area contributed by atoms with Gasteiger partial charge in [-0.15, -0.1) is 0 Å². The third-order valence-corrected chi connectivity index (χ3v) is 11.1. The summed E-state index contributed by atoms with van der Waals surface area (Å²) in [7, 11) is 0.